The highest BCUT2D eigenvalue weighted by Gasteiger charge is 2.06. The van der Waals surface area contributed by atoms with E-state index in [1.54, 1.807) is 6.92 Å². The van der Waals surface area contributed by atoms with Crippen LogP contribution in [0.5, 0.6) is 5.75 Å². The maximum Gasteiger partial charge on any atom is 0.261 e. The van der Waals surface area contributed by atoms with Crippen molar-refractivity contribution in [3.8, 4) is 5.75 Å². The number of ether oxygens (including phenoxy) is 1. The molecule has 0 saturated heterocycles. The molecule has 2 aromatic rings. The van der Waals surface area contributed by atoms with Gasteiger partial charge in [-0.3, -0.25) is 9.35 Å². The summed E-state index contributed by atoms with van der Waals surface area (Å²) in [4.78, 5) is 11.0. The zero-order valence-corrected chi connectivity index (χ0v) is 17.0. The number of primary amides is 1. The molecule has 2 aromatic carbocycles. The van der Waals surface area contributed by atoms with Crippen LogP contribution >= 0.6 is 0 Å². The van der Waals surface area contributed by atoms with Crippen molar-refractivity contribution in [2.45, 2.75) is 32.4 Å². The van der Waals surface area contributed by atoms with Gasteiger partial charge in [-0.25, -0.2) is 0 Å². The second-order valence-corrected chi connectivity index (χ2v) is 7.79. The maximum absolute atomic E-state index is 11.0. The lowest BCUT2D eigenvalue weighted by Gasteiger charge is -2.11. The quantitative estimate of drug-likeness (QED) is 0.432. The van der Waals surface area contributed by atoms with Crippen molar-refractivity contribution in [2.75, 3.05) is 12.9 Å². The summed E-state index contributed by atoms with van der Waals surface area (Å²) >= 11 is 0. The molecule has 8 heteroatoms. The fraction of sp³-hybridized carbons (Fsp3) is 0.350. The van der Waals surface area contributed by atoms with Crippen molar-refractivity contribution >= 4 is 16.0 Å². The van der Waals surface area contributed by atoms with Crippen molar-refractivity contribution in [2.24, 2.45) is 5.73 Å². The van der Waals surface area contributed by atoms with Crippen LogP contribution in [0.3, 0.4) is 0 Å². The third-order valence-electron chi connectivity index (χ3n) is 3.68. The first-order chi connectivity index (χ1) is 13.1. The van der Waals surface area contributed by atoms with Crippen LogP contribution in [0.15, 0.2) is 54.6 Å². The highest BCUT2D eigenvalue weighted by atomic mass is 32.2. The van der Waals surface area contributed by atoms with Gasteiger partial charge in [0.1, 0.15) is 5.75 Å². The van der Waals surface area contributed by atoms with Gasteiger partial charge in [-0.2, -0.15) is 8.42 Å². The largest absolute Gasteiger partial charge is 0.494 e. The Morgan fingerprint density at radius 3 is 2.21 bits per heavy atom. The summed E-state index contributed by atoms with van der Waals surface area (Å²) in [6, 6.07) is 18.0. The van der Waals surface area contributed by atoms with E-state index in [4.69, 9.17) is 15.0 Å². The average molecular weight is 409 g/mol. The molecular formula is C20H28N2O5S. The van der Waals surface area contributed by atoms with Gasteiger partial charge in [-0.1, -0.05) is 42.5 Å². The molecule has 0 heterocycles. The standard InChI is InChI=1S/C19H24N2O2.CH4O3S/c1-15(19(20)22)21-14-17-9-11-18(12-10-17)23-13-5-8-16-6-3-2-4-7-16;1-5(2,3)4/h2-4,6-7,9-12,15,21H,5,8,13-14H2,1H3,(H2,20,22);1H3,(H,2,3,4). The lowest BCUT2D eigenvalue weighted by Crippen LogP contribution is -2.38. The third-order valence-corrected chi connectivity index (χ3v) is 3.68. The van der Waals surface area contributed by atoms with E-state index in [0.717, 1.165) is 24.2 Å². The molecule has 2 rings (SSSR count). The summed E-state index contributed by atoms with van der Waals surface area (Å²) in [5.41, 5.74) is 7.64. The highest BCUT2D eigenvalue weighted by Crippen LogP contribution is 2.13. The summed E-state index contributed by atoms with van der Waals surface area (Å²) in [6.07, 6.45) is 2.73. The Kier molecular flexibility index (Phi) is 10.2. The van der Waals surface area contributed by atoms with E-state index in [0.29, 0.717) is 19.4 Å². The number of carbonyl (C=O) groups is 1. The van der Waals surface area contributed by atoms with Crippen LogP contribution in [0.1, 0.15) is 24.5 Å². The first-order valence-electron chi connectivity index (χ1n) is 8.86. The number of benzene rings is 2. The normalized spacial score (nSPS) is 11.8. The van der Waals surface area contributed by atoms with E-state index in [-0.39, 0.29) is 11.9 Å². The van der Waals surface area contributed by atoms with E-state index in [2.05, 4.69) is 29.6 Å². The minimum atomic E-state index is -3.67. The topological polar surface area (TPSA) is 119 Å². The SMILES string of the molecule is CC(NCc1ccc(OCCCc2ccccc2)cc1)C(N)=O.CS(=O)(=O)O. The number of amides is 1. The highest BCUT2D eigenvalue weighted by molar-refractivity contribution is 7.85. The van der Waals surface area contributed by atoms with Gasteiger partial charge in [-0.05, 0) is 43.0 Å². The van der Waals surface area contributed by atoms with Gasteiger partial charge in [-0.15, -0.1) is 0 Å². The lowest BCUT2D eigenvalue weighted by atomic mass is 10.1. The van der Waals surface area contributed by atoms with Gasteiger partial charge in [0.15, 0.2) is 0 Å². The second kappa shape index (κ2) is 12.1. The molecule has 0 fully saturated rings. The zero-order chi connectivity index (χ0) is 21.0. The molecule has 0 spiro atoms. The van der Waals surface area contributed by atoms with Gasteiger partial charge < -0.3 is 15.8 Å². The number of hydrogen-bond acceptors (Lipinski definition) is 5. The van der Waals surface area contributed by atoms with Crippen molar-refractivity contribution in [3.63, 3.8) is 0 Å². The number of nitrogens with two attached hydrogens (primary N) is 1. The molecule has 28 heavy (non-hydrogen) atoms. The second-order valence-electron chi connectivity index (χ2n) is 6.32. The van der Waals surface area contributed by atoms with Gasteiger partial charge in [0.05, 0.1) is 18.9 Å². The molecule has 0 aliphatic carbocycles. The summed E-state index contributed by atoms with van der Waals surface area (Å²) in [5, 5.41) is 3.07. The molecular weight excluding hydrogens is 380 g/mol. The Bertz CT molecular complexity index is 800. The zero-order valence-electron chi connectivity index (χ0n) is 16.2. The number of aryl methyl sites for hydroxylation is 1. The first kappa shape index (κ1) is 23.6. The molecule has 154 valence electrons. The van der Waals surface area contributed by atoms with Crippen LogP contribution in [-0.4, -0.2) is 37.8 Å². The van der Waals surface area contributed by atoms with Crippen LogP contribution in [0.2, 0.25) is 0 Å². The van der Waals surface area contributed by atoms with Crippen LogP contribution < -0.4 is 15.8 Å². The molecule has 0 aliphatic heterocycles. The van der Waals surface area contributed by atoms with E-state index >= 15 is 0 Å². The number of nitrogens with one attached hydrogen (secondary N) is 1. The lowest BCUT2D eigenvalue weighted by molar-refractivity contribution is -0.119. The Morgan fingerprint density at radius 2 is 1.68 bits per heavy atom. The summed E-state index contributed by atoms with van der Waals surface area (Å²) in [7, 11) is -3.67. The molecule has 1 atom stereocenters. The molecule has 0 aliphatic rings. The summed E-state index contributed by atoms with van der Waals surface area (Å²) < 4.78 is 31.6. The monoisotopic (exact) mass is 408 g/mol. The minimum Gasteiger partial charge on any atom is -0.494 e. The van der Waals surface area contributed by atoms with Crippen LogP contribution in [0, 0.1) is 0 Å². The third kappa shape index (κ3) is 12.1. The molecule has 0 saturated carbocycles. The smallest absolute Gasteiger partial charge is 0.261 e. The summed E-state index contributed by atoms with van der Waals surface area (Å²) in [5.74, 6) is 0.521. The van der Waals surface area contributed by atoms with Gasteiger partial charge in [0.2, 0.25) is 5.91 Å². The van der Waals surface area contributed by atoms with Crippen LogP contribution in [0.4, 0.5) is 0 Å². The molecule has 1 amide bonds. The fourth-order valence-corrected chi connectivity index (χ4v) is 2.19. The number of hydrogen-bond donors (Lipinski definition) is 3. The van der Waals surface area contributed by atoms with Crippen LogP contribution in [0.25, 0.3) is 0 Å². The Hall–Kier alpha value is -2.42. The van der Waals surface area contributed by atoms with Gasteiger partial charge in [0, 0.05) is 6.54 Å². The predicted molar refractivity (Wildman–Crippen MR) is 110 cm³/mol. The Morgan fingerprint density at radius 1 is 1.11 bits per heavy atom. The van der Waals surface area contributed by atoms with Crippen molar-refractivity contribution < 1.29 is 22.5 Å². The molecule has 0 bridgehead atoms. The van der Waals surface area contributed by atoms with E-state index in [1.165, 1.54) is 5.56 Å². The van der Waals surface area contributed by atoms with E-state index in [1.807, 2.05) is 30.3 Å². The molecule has 4 N–H and O–H groups in total. The Labute approximate surface area is 166 Å². The molecule has 0 radical (unpaired) electrons. The molecule has 0 aromatic heterocycles. The van der Waals surface area contributed by atoms with E-state index in [9.17, 15) is 13.2 Å². The molecule has 1 unspecified atom stereocenters. The average Bonchev–Trinajstić information content (AvgIpc) is 2.63. The van der Waals surface area contributed by atoms with Crippen molar-refractivity contribution in [3.05, 3.63) is 65.7 Å². The van der Waals surface area contributed by atoms with Crippen molar-refractivity contribution in [1.82, 2.24) is 5.32 Å². The minimum absolute atomic E-state index is 0.330. The first-order valence-corrected chi connectivity index (χ1v) is 10.7. The van der Waals surface area contributed by atoms with Gasteiger partial charge >= 0.3 is 0 Å². The van der Waals surface area contributed by atoms with E-state index < -0.39 is 10.1 Å². The van der Waals surface area contributed by atoms with Crippen LogP contribution in [-0.2, 0) is 27.9 Å². The molecule has 7 nitrogen and oxygen atoms in total. The summed E-state index contributed by atoms with van der Waals surface area (Å²) in [6.45, 7) is 3.07. The number of rotatable bonds is 9. The van der Waals surface area contributed by atoms with Gasteiger partial charge in [0.25, 0.3) is 10.1 Å². The van der Waals surface area contributed by atoms with Crippen molar-refractivity contribution in [1.29, 1.82) is 0 Å². The fourth-order valence-electron chi connectivity index (χ4n) is 2.19. The maximum atomic E-state index is 11.0. The predicted octanol–water partition coefficient (Wildman–Crippen LogP) is 2.17. The number of carbonyl (C=O) groups excluding carboxylic acids is 1. The Balaban J connectivity index is 0.000000696.